The van der Waals surface area contributed by atoms with Crippen LogP contribution in [0.5, 0.6) is 0 Å². The Morgan fingerprint density at radius 1 is 1.21 bits per heavy atom. The van der Waals surface area contributed by atoms with Gasteiger partial charge in [-0.2, -0.15) is 0 Å². The molecule has 1 unspecified atom stereocenters. The minimum atomic E-state index is 0.418. The van der Waals surface area contributed by atoms with Crippen molar-refractivity contribution in [2.75, 3.05) is 7.05 Å². The van der Waals surface area contributed by atoms with Crippen LogP contribution in [0, 0.1) is 0 Å². The Kier molecular flexibility index (Phi) is 5.28. The summed E-state index contributed by atoms with van der Waals surface area (Å²) in [5.41, 5.74) is 1.01. The van der Waals surface area contributed by atoms with Gasteiger partial charge in [-0.25, -0.2) is 0 Å². The Labute approximate surface area is 128 Å². The Hall–Kier alpha value is -0.540. The molecule has 1 aromatic heterocycles. The van der Waals surface area contributed by atoms with Crippen molar-refractivity contribution in [3.05, 3.63) is 45.3 Å². The van der Waals surface area contributed by atoms with Crippen LogP contribution in [0.1, 0.15) is 30.7 Å². The SMILES string of the molecule is CCCC(NC)c1ccc(-c2cccc(Cl)c2Cl)s1. The maximum Gasteiger partial charge on any atom is 0.0678 e. The Morgan fingerprint density at radius 3 is 2.68 bits per heavy atom. The normalized spacial score (nSPS) is 12.6. The van der Waals surface area contributed by atoms with E-state index in [4.69, 9.17) is 23.2 Å². The average Bonchev–Trinajstić information content (AvgIpc) is 2.88. The second-order valence-corrected chi connectivity index (χ2v) is 6.33. The number of benzene rings is 1. The van der Waals surface area contributed by atoms with Gasteiger partial charge in [-0.05, 0) is 31.7 Å². The first-order chi connectivity index (χ1) is 9.17. The van der Waals surface area contributed by atoms with Crippen molar-refractivity contribution in [3.63, 3.8) is 0 Å². The summed E-state index contributed by atoms with van der Waals surface area (Å²) < 4.78 is 0. The third-order valence-electron chi connectivity index (χ3n) is 3.11. The molecule has 1 N–H and O–H groups in total. The molecular weight excluding hydrogens is 297 g/mol. The van der Waals surface area contributed by atoms with Crippen molar-refractivity contribution in [1.82, 2.24) is 5.32 Å². The lowest BCUT2D eigenvalue weighted by Gasteiger charge is -2.12. The summed E-state index contributed by atoms with van der Waals surface area (Å²) in [6.07, 6.45) is 2.30. The molecule has 1 atom stereocenters. The van der Waals surface area contributed by atoms with Crippen LogP contribution >= 0.6 is 34.5 Å². The van der Waals surface area contributed by atoms with Gasteiger partial charge >= 0.3 is 0 Å². The van der Waals surface area contributed by atoms with Crippen LogP contribution in [-0.2, 0) is 0 Å². The van der Waals surface area contributed by atoms with Crippen molar-refractivity contribution in [1.29, 1.82) is 0 Å². The second kappa shape index (κ2) is 6.76. The van der Waals surface area contributed by atoms with Gasteiger partial charge in [0.05, 0.1) is 10.0 Å². The zero-order chi connectivity index (χ0) is 13.8. The number of nitrogens with one attached hydrogen (secondary N) is 1. The zero-order valence-electron chi connectivity index (χ0n) is 11.0. The Bertz CT molecular complexity index is 551. The Morgan fingerprint density at radius 2 is 2.00 bits per heavy atom. The quantitative estimate of drug-likeness (QED) is 0.737. The van der Waals surface area contributed by atoms with Gasteiger partial charge in [-0.15, -0.1) is 11.3 Å². The van der Waals surface area contributed by atoms with E-state index in [1.807, 2.05) is 25.2 Å². The number of halogens is 2. The molecular formula is C15H17Cl2NS. The summed E-state index contributed by atoms with van der Waals surface area (Å²) >= 11 is 14.1. The molecule has 0 saturated carbocycles. The van der Waals surface area contributed by atoms with Gasteiger partial charge in [0.1, 0.15) is 0 Å². The molecule has 2 aromatic rings. The van der Waals surface area contributed by atoms with Crippen LogP contribution in [-0.4, -0.2) is 7.05 Å². The standard InChI is InChI=1S/C15H17Cl2NS/c1-3-5-12(18-2)14-9-8-13(19-14)10-6-4-7-11(16)15(10)17/h4,6-9,12,18H,3,5H2,1-2H3. The maximum atomic E-state index is 6.27. The van der Waals surface area contributed by atoms with Crippen LogP contribution < -0.4 is 5.32 Å². The lowest BCUT2D eigenvalue weighted by atomic mass is 10.1. The van der Waals surface area contributed by atoms with Crippen molar-refractivity contribution in [2.45, 2.75) is 25.8 Å². The molecule has 1 nitrogen and oxygen atoms in total. The minimum absolute atomic E-state index is 0.418. The van der Waals surface area contributed by atoms with Crippen LogP contribution in [0.2, 0.25) is 10.0 Å². The van der Waals surface area contributed by atoms with Gasteiger partial charge < -0.3 is 5.32 Å². The molecule has 0 aliphatic carbocycles. The fourth-order valence-electron chi connectivity index (χ4n) is 2.10. The second-order valence-electron chi connectivity index (χ2n) is 4.43. The summed E-state index contributed by atoms with van der Waals surface area (Å²) in [6.45, 7) is 2.20. The average molecular weight is 314 g/mol. The molecule has 0 aliphatic heterocycles. The summed E-state index contributed by atoms with van der Waals surface area (Å²) in [7, 11) is 2.01. The molecule has 0 radical (unpaired) electrons. The van der Waals surface area contributed by atoms with Crippen molar-refractivity contribution < 1.29 is 0 Å². The molecule has 0 fully saturated rings. The number of thiophene rings is 1. The first kappa shape index (κ1) is 14.9. The van der Waals surface area contributed by atoms with Gasteiger partial charge in [0, 0.05) is 21.4 Å². The molecule has 1 aromatic carbocycles. The van der Waals surface area contributed by atoms with Gasteiger partial charge in [-0.1, -0.05) is 48.7 Å². The molecule has 0 bridgehead atoms. The number of hydrogen-bond donors (Lipinski definition) is 1. The first-order valence-corrected chi connectivity index (χ1v) is 7.96. The predicted molar refractivity (Wildman–Crippen MR) is 86.5 cm³/mol. The van der Waals surface area contributed by atoms with Gasteiger partial charge in [-0.3, -0.25) is 0 Å². The van der Waals surface area contributed by atoms with Crippen LogP contribution in [0.25, 0.3) is 10.4 Å². The highest BCUT2D eigenvalue weighted by molar-refractivity contribution is 7.15. The van der Waals surface area contributed by atoms with Gasteiger partial charge in [0.25, 0.3) is 0 Å². The number of rotatable bonds is 5. The predicted octanol–water partition coefficient (Wildman–Crippen LogP) is 5.78. The molecule has 1 heterocycles. The van der Waals surface area contributed by atoms with Crippen molar-refractivity contribution >= 4 is 34.5 Å². The van der Waals surface area contributed by atoms with E-state index in [-0.39, 0.29) is 0 Å². The highest BCUT2D eigenvalue weighted by Crippen LogP contribution is 2.38. The van der Waals surface area contributed by atoms with Crippen molar-refractivity contribution in [3.8, 4) is 10.4 Å². The molecule has 0 spiro atoms. The minimum Gasteiger partial charge on any atom is -0.312 e. The lowest BCUT2D eigenvalue weighted by molar-refractivity contribution is 0.550. The summed E-state index contributed by atoms with van der Waals surface area (Å²) in [5, 5.41) is 4.60. The first-order valence-electron chi connectivity index (χ1n) is 6.38. The molecule has 102 valence electrons. The highest BCUT2D eigenvalue weighted by atomic mass is 35.5. The maximum absolute atomic E-state index is 6.27. The molecule has 0 saturated heterocycles. The molecule has 4 heteroatoms. The van der Waals surface area contributed by atoms with Crippen LogP contribution in [0.3, 0.4) is 0 Å². The third kappa shape index (κ3) is 3.32. The molecule has 0 amide bonds. The third-order valence-corrected chi connectivity index (χ3v) is 5.16. The zero-order valence-corrected chi connectivity index (χ0v) is 13.4. The molecule has 19 heavy (non-hydrogen) atoms. The largest absolute Gasteiger partial charge is 0.312 e. The summed E-state index contributed by atoms with van der Waals surface area (Å²) in [5.74, 6) is 0. The summed E-state index contributed by atoms with van der Waals surface area (Å²) in [4.78, 5) is 2.51. The van der Waals surface area contributed by atoms with E-state index in [0.29, 0.717) is 16.1 Å². The topological polar surface area (TPSA) is 12.0 Å². The van der Waals surface area contributed by atoms with Crippen LogP contribution in [0.15, 0.2) is 30.3 Å². The molecule has 0 aliphatic rings. The van der Waals surface area contributed by atoms with E-state index >= 15 is 0 Å². The van der Waals surface area contributed by atoms with E-state index < -0.39 is 0 Å². The smallest absolute Gasteiger partial charge is 0.0678 e. The molecule has 2 rings (SSSR count). The number of hydrogen-bond acceptors (Lipinski definition) is 2. The van der Waals surface area contributed by atoms with Gasteiger partial charge in [0.2, 0.25) is 0 Å². The van der Waals surface area contributed by atoms with Gasteiger partial charge in [0.15, 0.2) is 0 Å². The summed E-state index contributed by atoms with van der Waals surface area (Å²) in [6, 6.07) is 10.5. The van der Waals surface area contributed by atoms with Crippen molar-refractivity contribution in [2.24, 2.45) is 0 Å². The lowest BCUT2D eigenvalue weighted by Crippen LogP contribution is -2.14. The van der Waals surface area contributed by atoms with E-state index in [1.165, 1.54) is 9.75 Å². The van der Waals surface area contributed by atoms with E-state index in [9.17, 15) is 0 Å². The van der Waals surface area contributed by atoms with E-state index in [2.05, 4.69) is 24.4 Å². The van der Waals surface area contributed by atoms with E-state index in [1.54, 1.807) is 11.3 Å². The van der Waals surface area contributed by atoms with E-state index in [0.717, 1.165) is 18.4 Å². The fraction of sp³-hybridized carbons (Fsp3) is 0.333. The Balaban J connectivity index is 2.32. The monoisotopic (exact) mass is 313 g/mol. The fourth-order valence-corrected chi connectivity index (χ4v) is 3.74. The highest BCUT2D eigenvalue weighted by Gasteiger charge is 2.13. The van der Waals surface area contributed by atoms with Crippen LogP contribution in [0.4, 0.5) is 0 Å².